The fourth-order valence-electron chi connectivity index (χ4n) is 3.37. The Morgan fingerprint density at radius 3 is 1.40 bits per heavy atom. The van der Waals surface area contributed by atoms with Crippen LogP contribution in [0.25, 0.3) is 0 Å². The van der Waals surface area contributed by atoms with Gasteiger partial charge in [-0.1, -0.05) is 0 Å². The predicted octanol–water partition coefficient (Wildman–Crippen LogP) is -0.306. The van der Waals surface area contributed by atoms with Gasteiger partial charge in [0.25, 0.3) is 0 Å². The maximum atomic E-state index is 12.7. The van der Waals surface area contributed by atoms with E-state index in [1.807, 2.05) is 0 Å². The topological polar surface area (TPSA) is 62.0 Å². The summed E-state index contributed by atoms with van der Waals surface area (Å²) in [7, 11) is 0. The molecule has 0 aliphatic carbocycles. The molecule has 6 heterocycles. The fourth-order valence-corrected chi connectivity index (χ4v) is 3.37. The number of fused-ring (bicyclic) bond motifs is 10. The van der Waals surface area contributed by atoms with E-state index in [0.717, 1.165) is 0 Å². The lowest BCUT2D eigenvalue weighted by Crippen LogP contribution is -2.39. The summed E-state index contributed by atoms with van der Waals surface area (Å²) in [5.74, 6) is 0. The number of hydrogen-bond acceptors (Lipinski definition) is 6. The Morgan fingerprint density at radius 1 is 0.550 bits per heavy atom. The second-order valence-electron chi connectivity index (χ2n) is 5.78. The van der Waals surface area contributed by atoms with Gasteiger partial charge in [0.15, 0.2) is 0 Å². The van der Waals surface area contributed by atoms with Gasteiger partial charge in [0.05, 0.1) is 13.2 Å². The fraction of sp³-hybridized carbons (Fsp3) is 1.00. The van der Waals surface area contributed by atoms with Crippen molar-refractivity contribution in [1.82, 2.24) is 0 Å². The minimum absolute atomic E-state index is 0.00185. The monoisotopic (exact) mass is 292 g/mol. The van der Waals surface area contributed by atoms with Gasteiger partial charge in [0.1, 0.15) is 48.8 Å². The Kier molecular flexibility index (Phi) is 2.49. The van der Waals surface area contributed by atoms with Crippen LogP contribution < -0.4 is 0 Å². The molecule has 6 nitrogen and oxygen atoms in total. The van der Waals surface area contributed by atoms with E-state index in [1.54, 1.807) is 0 Å². The quantitative estimate of drug-likeness (QED) is 0.571. The van der Waals surface area contributed by atoms with Crippen molar-refractivity contribution in [1.29, 1.82) is 0 Å². The molecule has 0 aromatic carbocycles. The molecule has 4 bridgehead atoms. The highest BCUT2D eigenvalue weighted by molar-refractivity contribution is 5.07. The number of alkyl halides is 2. The minimum atomic E-state index is -1.27. The standard InChI is InChI=1S/2C6H7FO3/c2*7-6-5-4-3(10-4)2(9-5)1-8-6/h2*2-6H,1H2/t2*2-,3-,4-,5-,6-/m11/s1. The van der Waals surface area contributed by atoms with Crippen molar-refractivity contribution >= 4 is 0 Å². The normalized spacial score (nSPS) is 63.9. The van der Waals surface area contributed by atoms with Gasteiger partial charge in [-0.25, -0.2) is 8.78 Å². The Morgan fingerprint density at radius 2 is 1.00 bits per heavy atom. The third kappa shape index (κ3) is 1.69. The second-order valence-corrected chi connectivity index (χ2v) is 5.78. The molecule has 0 saturated carbocycles. The van der Waals surface area contributed by atoms with Gasteiger partial charge in [0.2, 0.25) is 12.7 Å². The van der Waals surface area contributed by atoms with Gasteiger partial charge in [0, 0.05) is 0 Å². The van der Waals surface area contributed by atoms with Gasteiger partial charge < -0.3 is 28.4 Å². The van der Waals surface area contributed by atoms with Crippen LogP contribution in [0.2, 0.25) is 0 Å². The molecular weight excluding hydrogens is 278 g/mol. The SMILES string of the molecule is F[C@@H]1OC[C@H]2O[C@@H]1[C@@H]1O[C@@H]12.F[C@@H]1OC[C@H]2O[C@@H]1[C@@H]1O[C@@H]12. The number of epoxide rings is 2. The van der Waals surface area contributed by atoms with E-state index in [4.69, 9.17) is 28.4 Å². The average molecular weight is 292 g/mol. The zero-order chi connectivity index (χ0) is 13.4. The lowest BCUT2D eigenvalue weighted by Gasteiger charge is -2.26. The molecule has 0 spiro atoms. The van der Waals surface area contributed by atoms with Crippen LogP contribution in [0.5, 0.6) is 0 Å². The Hall–Kier alpha value is -0.380. The van der Waals surface area contributed by atoms with E-state index < -0.39 is 24.9 Å². The molecule has 0 aromatic rings. The number of ether oxygens (including phenoxy) is 6. The Bertz CT molecular complexity index is 383. The summed E-state index contributed by atoms with van der Waals surface area (Å²) in [6, 6.07) is 0. The van der Waals surface area contributed by atoms with Crippen molar-refractivity contribution in [2.45, 2.75) is 61.5 Å². The number of rotatable bonds is 0. The molecule has 0 amide bonds. The zero-order valence-corrected chi connectivity index (χ0v) is 10.4. The molecule has 0 radical (unpaired) electrons. The molecule has 0 N–H and O–H groups in total. The maximum Gasteiger partial charge on any atom is 0.228 e. The van der Waals surface area contributed by atoms with Gasteiger partial charge >= 0.3 is 0 Å². The minimum Gasteiger partial charge on any atom is -0.364 e. The van der Waals surface area contributed by atoms with Crippen LogP contribution in [0.1, 0.15) is 0 Å². The van der Waals surface area contributed by atoms with Crippen molar-refractivity contribution in [2.24, 2.45) is 0 Å². The predicted molar refractivity (Wildman–Crippen MR) is 56.3 cm³/mol. The van der Waals surface area contributed by atoms with Gasteiger partial charge in [-0.05, 0) is 0 Å². The lowest BCUT2D eigenvalue weighted by molar-refractivity contribution is -0.221. The largest absolute Gasteiger partial charge is 0.364 e. The molecule has 10 atom stereocenters. The zero-order valence-electron chi connectivity index (χ0n) is 10.4. The summed E-state index contributed by atoms with van der Waals surface area (Å²) in [5.41, 5.74) is 0. The highest BCUT2D eigenvalue weighted by atomic mass is 19.2. The molecule has 6 aliphatic heterocycles. The van der Waals surface area contributed by atoms with Gasteiger partial charge in [-0.15, -0.1) is 0 Å². The van der Waals surface area contributed by atoms with Crippen LogP contribution in [-0.2, 0) is 28.4 Å². The lowest BCUT2D eigenvalue weighted by atomic mass is 10.2. The smallest absolute Gasteiger partial charge is 0.228 e. The second kappa shape index (κ2) is 4.08. The molecule has 6 saturated heterocycles. The highest BCUT2D eigenvalue weighted by Crippen LogP contribution is 2.45. The average Bonchev–Trinajstić information content (AvgIpc) is 3.35. The van der Waals surface area contributed by atoms with Crippen LogP contribution in [-0.4, -0.2) is 74.8 Å². The van der Waals surface area contributed by atoms with E-state index in [0.29, 0.717) is 13.2 Å². The molecule has 112 valence electrons. The molecule has 6 rings (SSSR count). The molecule has 8 heteroatoms. The highest BCUT2D eigenvalue weighted by Gasteiger charge is 2.64. The first-order valence-electron chi connectivity index (χ1n) is 6.85. The summed E-state index contributed by atoms with van der Waals surface area (Å²) < 4.78 is 55.8. The summed E-state index contributed by atoms with van der Waals surface area (Å²) in [4.78, 5) is 0. The van der Waals surface area contributed by atoms with E-state index in [2.05, 4.69) is 0 Å². The summed E-state index contributed by atoms with van der Waals surface area (Å²) in [6.07, 6.45) is -3.18. The van der Waals surface area contributed by atoms with Gasteiger partial charge in [-0.3, -0.25) is 0 Å². The van der Waals surface area contributed by atoms with E-state index in [9.17, 15) is 8.78 Å². The van der Waals surface area contributed by atoms with Crippen molar-refractivity contribution in [3.05, 3.63) is 0 Å². The number of hydrogen-bond donors (Lipinski definition) is 0. The molecular formula is C12H14F2O6. The van der Waals surface area contributed by atoms with Crippen LogP contribution in [0, 0.1) is 0 Å². The third-order valence-electron chi connectivity index (χ3n) is 4.52. The summed E-state index contributed by atoms with van der Waals surface area (Å²) in [5, 5.41) is 0. The van der Waals surface area contributed by atoms with Crippen molar-refractivity contribution in [2.75, 3.05) is 13.2 Å². The molecule has 0 aromatic heterocycles. The summed E-state index contributed by atoms with van der Waals surface area (Å²) >= 11 is 0. The first-order valence-corrected chi connectivity index (χ1v) is 6.85. The molecule has 6 aliphatic rings. The molecule has 0 unspecified atom stereocenters. The van der Waals surface area contributed by atoms with Crippen molar-refractivity contribution in [3.63, 3.8) is 0 Å². The Balaban J connectivity index is 0.0000000960. The van der Waals surface area contributed by atoms with E-state index >= 15 is 0 Å². The molecule has 6 fully saturated rings. The van der Waals surface area contributed by atoms with Crippen LogP contribution >= 0.6 is 0 Å². The Labute approximate surface area is 113 Å². The van der Waals surface area contributed by atoms with Crippen LogP contribution in [0.4, 0.5) is 8.78 Å². The van der Waals surface area contributed by atoms with E-state index in [-0.39, 0.29) is 36.6 Å². The first kappa shape index (κ1) is 12.2. The van der Waals surface area contributed by atoms with Gasteiger partial charge in [-0.2, -0.15) is 0 Å². The van der Waals surface area contributed by atoms with Crippen LogP contribution in [0.3, 0.4) is 0 Å². The third-order valence-corrected chi connectivity index (χ3v) is 4.52. The maximum absolute atomic E-state index is 12.7. The van der Waals surface area contributed by atoms with Crippen molar-refractivity contribution in [3.8, 4) is 0 Å². The van der Waals surface area contributed by atoms with Crippen LogP contribution in [0.15, 0.2) is 0 Å². The first-order chi connectivity index (χ1) is 9.72. The van der Waals surface area contributed by atoms with E-state index in [1.165, 1.54) is 0 Å². The number of halogens is 2. The molecule has 20 heavy (non-hydrogen) atoms. The summed E-state index contributed by atoms with van der Waals surface area (Å²) in [6.45, 7) is 0.692. The van der Waals surface area contributed by atoms with Crippen molar-refractivity contribution < 1.29 is 37.2 Å².